The average Bonchev–Trinajstić information content (AvgIpc) is 2.73. The van der Waals surface area contributed by atoms with Gasteiger partial charge in [0.2, 0.25) is 5.91 Å². The van der Waals surface area contributed by atoms with Gasteiger partial charge in [-0.3, -0.25) is 4.79 Å². The number of esters is 1. The minimum atomic E-state index is -0.492. The SMILES string of the molecule is COC(=O)c1ccccc1NC(=O)CNc1ccccc1-c1ccccc1. The number of carbonyl (C=O) groups is 2. The number of para-hydroxylation sites is 2. The van der Waals surface area contributed by atoms with Crippen molar-refractivity contribution in [3.63, 3.8) is 0 Å². The third kappa shape index (κ3) is 4.52. The summed E-state index contributed by atoms with van der Waals surface area (Å²) in [5.74, 6) is -0.748. The number of nitrogens with one attached hydrogen (secondary N) is 2. The van der Waals surface area contributed by atoms with Crippen LogP contribution in [0.25, 0.3) is 11.1 Å². The summed E-state index contributed by atoms with van der Waals surface area (Å²) in [4.78, 5) is 24.2. The molecule has 136 valence electrons. The zero-order valence-corrected chi connectivity index (χ0v) is 14.9. The predicted octanol–water partition coefficient (Wildman–Crippen LogP) is 4.19. The molecule has 0 saturated carbocycles. The normalized spacial score (nSPS) is 10.1. The molecule has 0 fully saturated rings. The Morgan fingerprint density at radius 1 is 0.815 bits per heavy atom. The van der Waals surface area contributed by atoms with Crippen LogP contribution < -0.4 is 10.6 Å². The Balaban J connectivity index is 1.70. The number of amides is 1. The average molecular weight is 360 g/mol. The van der Waals surface area contributed by atoms with Crippen molar-refractivity contribution in [3.05, 3.63) is 84.4 Å². The van der Waals surface area contributed by atoms with E-state index < -0.39 is 5.97 Å². The monoisotopic (exact) mass is 360 g/mol. The lowest BCUT2D eigenvalue weighted by molar-refractivity contribution is -0.114. The maximum atomic E-state index is 12.4. The highest BCUT2D eigenvalue weighted by Crippen LogP contribution is 2.27. The molecule has 5 nitrogen and oxygen atoms in total. The number of carbonyl (C=O) groups excluding carboxylic acids is 2. The zero-order chi connectivity index (χ0) is 19.1. The van der Waals surface area contributed by atoms with Crippen molar-refractivity contribution in [1.82, 2.24) is 0 Å². The van der Waals surface area contributed by atoms with E-state index in [0.29, 0.717) is 11.3 Å². The van der Waals surface area contributed by atoms with Gasteiger partial charge in [-0.25, -0.2) is 4.79 Å². The molecule has 2 N–H and O–H groups in total. The van der Waals surface area contributed by atoms with Crippen LogP contribution in [0, 0.1) is 0 Å². The maximum absolute atomic E-state index is 12.4. The summed E-state index contributed by atoms with van der Waals surface area (Å²) in [5.41, 5.74) is 3.68. The van der Waals surface area contributed by atoms with Crippen molar-refractivity contribution in [2.45, 2.75) is 0 Å². The van der Waals surface area contributed by atoms with Crippen LogP contribution in [0.15, 0.2) is 78.9 Å². The first-order valence-corrected chi connectivity index (χ1v) is 8.54. The van der Waals surface area contributed by atoms with Crippen molar-refractivity contribution >= 4 is 23.3 Å². The minimum Gasteiger partial charge on any atom is -0.465 e. The molecule has 0 bridgehead atoms. The highest BCUT2D eigenvalue weighted by atomic mass is 16.5. The van der Waals surface area contributed by atoms with Gasteiger partial charge in [0.25, 0.3) is 0 Å². The van der Waals surface area contributed by atoms with Crippen LogP contribution in [0.4, 0.5) is 11.4 Å². The smallest absolute Gasteiger partial charge is 0.339 e. The molecule has 27 heavy (non-hydrogen) atoms. The summed E-state index contributed by atoms with van der Waals surface area (Å²) in [6, 6.07) is 24.5. The Morgan fingerprint density at radius 2 is 1.44 bits per heavy atom. The van der Waals surface area contributed by atoms with E-state index in [0.717, 1.165) is 16.8 Å². The van der Waals surface area contributed by atoms with Crippen LogP contribution in [0.2, 0.25) is 0 Å². The molecule has 0 heterocycles. The first kappa shape index (κ1) is 18.2. The molecule has 0 atom stereocenters. The van der Waals surface area contributed by atoms with E-state index >= 15 is 0 Å². The summed E-state index contributed by atoms with van der Waals surface area (Å²) in [5, 5.41) is 5.92. The number of hydrogen-bond acceptors (Lipinski definition) is 4. The fraction of sp³-hybridized carbons (Fsp3) is 0.0909. The van der Waals surface area contributed by atoms with E-state index in [1.165, 1.54) is 7.11 Å². The molecule has 3 rings (SSSR count). The second-order valence-corrected chi connectivity index (χ2v) is 5.85. The van der Waals surface area contributed by atoms with E-state index in [1.807, 2.05) is 54.6 Å². The van der Waals surface area contributed by atoms with E-state index in [1.54, 1.807) is 24.3 Å². The Kier molecular flexibility index (Phi) is 5.84. The molecule has 3 aromatic carbocycles. The van der Waals surface area contributed by atoms with Crippen LogP contribution in [-0.4, -0.2) is 25.5 Å². The number of rotatable bonds is 6. The zero-order valence-electron chi connectivity index (χ0n) is 14.9. The predicted molar refractivity (Wildman–Crippen MR) is 107 cm³/mol. The molecule has 0 aliphatic carbocycles. The molecule has 0 aliphatic heterocycles. The van der Waals surface area contributed by atoms with Gasteiger partial charge in [-0.1, -0.05) is 60.7 Å². The molecule has 0 unspecified atom stereocenters. The van der Waals surface area contributed by atoms with Crippen LogP contribution in [0.1, 0.15) is 10.4 Å². The molecule has 5 heteroatoms. The largest absolute Gasteiger partial charge is 0.465 e. The molecular weight excluding hydrogens is 340 g/mol. The lowest BCUT2D eigenvalue weighted by Gasteiger charge is -2.13. The third-order valence-corrected chi connectivity index (χ3v) is 4.06. The molecule has 0 radical (unpaired) electrons. The second-order valence-electron chi connectivity index (χ2n) is 5.85. The highest BCUT2D eigenvalue weighted by molar-refractivity contribution is 6.02. The number of methoxy groups -OCH3 is 1. The topological polar surface area (TPSA) is 67.4 Å². The first-order chi connectivity index (χ1) is 13.2. The third-order valence-electron chi connectivity index (χ3n) is 4.06. The number of anilines is 2. The van der Waals surface area contributed by atoms with Crippen LogP contribution in [0.3, 0.4) is 0 Å². The van der Waals surface area contributed by atoms with Gasteiger partial charge in [-0.05, 0) is 23.8 Å². The van der Waals surface area contributed by atoms with E-state index in [2.05, 4.69) is 10.6 Å². The quantitative estimate of drug-likeness (QED) is 0.647. The highest BCUT2D eigenvalue weighted by Gasteiger charge is 2.13. The molecule has 0 aromatic heterocycles. The van der Waals surface area contributed by atoms with Crippen molar-refractivity contribution in [2.24, 2.45) is 0 Å². The summed E-state index contributed by atoms with van der Waals surface area (Å²) >= 11 is 0. The van der Waals surface area contributed by atoms with Crippen LogP contribution in [-0.2, 0) is 9.53 Å². The Hall–Kier alpha value is -3.60. The second kappa shape index (κ2) is 8.67. The van der Waals surface area contributed by atoms with Crippen molar-refractivity contribution < 1.29 is 14.3 Å². The number of benzene rings is 3. The number of hydrogen-bond donors (Lipinski definition) is 2. The molecule has 0 spiro atoms. The summed E-state index contributed by atoms with van der Waals surface area (Å²) in [6.45, 7) is 0.0688. The molecule has 0 aliphatic rings. The van der Waals surface area contributed by atoms with Gasteiger partial charge < -0.3 is 15.4 Å². The van der Waals surface area contributed by atoms with Gasteiger partial charge in [-0.2, -0.15) is 0 Å². The van der Waals surface area contributed by atoms with Gasteiger partial charge in [-0.15, -0.1) is 0 Å². The lowest BCUT2D eigenvalue weighted by atomic mass is 10.0. The number of ether oxygens (including phenoxy) is 1. The fourth-order valence-electron chi connectivity index (χ4n) is 2.76. The summed E-state index contributed by atoms with van der Waals surface area (Å²) < 4.78 is 4.75. The maximum Gasteiger partial charge on any atom is 0.339 e. The fourth-order valence-corrected chi connectivity index (χ4v) is 2.76. The van der Waals surface area contributed by atoms with Crippen LogP contribution >= 0.6 is 0 Å². The molecule has 1 amide bonds. The molecule has 3 aromatic rings. The van der Waals surface area contributed by atoms with Gasteiger partial charge in [0, 0.05) is 11.3 Å². The molecular formula is C22H20N2O3. The van der Waals surface area contributed by atoms with E-state index in [9.17, 15) is 9.59 Å². The standard InChI is InChI=1S/C22H20N2O3/c1-27-22(26)18-12-6-8-14-20(18)24-21(25)15-23-19-13-7-5-11-17(19)16-9-3-2-4-10-16/h2-14,23H,15H2,1H3,(H,24,25). The Bertz CT molecular complexity index is 939. The van der Waals surface area contributed by atoms with Gasteiger partial charge in [0.15, 0.2) is 0 Å². The summed E-state index contributed by atoms with van der Waals surface area (Å²) in [6.07, 6.45) is 0. The lowest BCUT2D eigenvalue weighted by Crippen LogP contribution is -2.23. The minimum absolute atomic E-state index is 0.0688. The van der Waals surface area contributed by atoms with Gasteiger partial charge in [0.05, 0.1) is 24.9 Å². The van der Waals surface area contributed by atoms with Gasteiger partial charge >= 0.3 is 5.97 Å². The van der Waals surface area contributed by atoms with E-state index in [4.69, 9.17) is 4.74 Å². The molecule has 0 saturated heterocycles. The first-order valence-electron chi connectivity index (χ1n) is 8.54. The van der Waals surface area contributed by atoms with Gasteiger partial charge in [0.1, 0.15) is 0 Å². The van der Waals surface area contributed by atoms with Crippen molar-refractivity contribution in [2.75, 3.05) is 24.3 Å². The Morgan fingerprint density at radius 3 is 2.19 bits per heavy atom. The van der Waals surface area contributed by atoms with Crippen molar-refractivity contribution in [3.8, 4) is 11.1 Å². The summed E-state index contributed by atoms with van der Waals surface area (Å²) in [7, 11) is 1.31. The Labute approximate surface area is 158 Å². The van der Waals surface area contributed by atoms with Crippen LogP contribution in [0.5, 0.6) is 0 Å². The van der Waals surface area contributed by atoms with Crippen molar-refractivity contribution in [1.29, 1.82) is 0 Å². The van der Waals surface area contributed by atoms with E-state index in [-0.39, 0.29) is 12.5 Å².